The maximum absolute atomic E-state index is 11.5. The van der Waals surface area contributed by atoms with Gasteiger partial charge >= 0.3 is 0 Å². The lowest BCUT2D eigenvalue weighted by Gasteiger charge is -2.10. The van der Waals surface area contributed by atoms with Gasteiger partial charge in [0.1, 0.15) is 0 Å². The zero-order valence-corrected chi connectivity index (χ0v) is 11.8. The molecule has 0 bridgehead atoms. The molecule has 0 spiro atoms. The van der Waals surface area contributed by atoms with Gasteiger partial charge in [0.15, 0.2) is 5.13 Å². The average molecular weight is 288 g/mol. The van der Waals surface area contributed by atoms with Crippen molar-refractivity contribution in [3.05, 3.63) is 34.3 Å². The molecule has 20 heavy (non-hydrogen) atoms. The molecular formula is C14H16N4OS. The first-order chi connectivity index (χ1) is 9.65. The van der Waals surface area contributed by atoms with E-state index < -0.39 is 5.91 Å². The fourth-order valence-corrected chi connectivity index (χ4v) is 3.48. The Kier molecular flexibility index (Phi) is 3.31. The minimum atomic E-state index is -0.499. The van der Waals surface area contributed by atoms with E-state index in [0.29, 0.717) is 16.9 Å². The summed E-state index contributed by atoms with van der Waals surface area (Å²) in [5, 5.41) is 3.94. The van der Waals surface area contributed by atoms with E-state index >= 15 is 0 Å². The predicted molar refractivity (Wildman–Crippen MR) is 81.4 cm³/mol. The number of nitrogens with one attached hydrogen (secondary N) is 1. The molecule has 104 valence electrons. The third kappa shape index (κ3) is 2.34. The molecule has 0 saturated heterocycles. The van der Waals surface area contributed by atoms with Gasteiger partial charge in [-0.2, -0.15) is 0 Å². The normalized spacial score (nSPS) is 13.8. The number of thiazole rings is 1. The van der Waals surface area contributed by atoms with Crippen molar-refractivity contribution in [1.29, 1.82) is 0 Å². The van der Waals surface area contributed by atoms with Gasteiger partial charge in [-0.1, -0.05) is 6.07 Å². The molecule has 1 aliphatic carbocycles. The summed E-state index contributed by atoms with van der Waals surface area (Å²) in [5.74, 6) is -0.499. The molecule has 0 atom stereocenters. The number of benzene rings is 1. The SMILES string of the molecule is NC(=O)c1cccc(N)c1Nc1nc2c(s1)CCCC2. The fourth-order valence-electron chi connectivity index (χ4n) is 2.43. The summed E-state index contributed by atoms with van der Waals surface area (Å²) in [7, 11) is 0. The highest BCUT2D eigenvalue weighted by molar-refractivity contribution is 7.15. The number of carbonyl (C=O) groups is 1. The number of hydrogen-bond acceptors (Lipinski definition) is 5. The van der Waals surface area contributed by atoms with Crippen molar-refractivity contribution >= 4 is 33.8 Å². The topological polar surface area (TPSA) is 94.0 Å². The van der Waals surface area contributed by atoms with Gasteiger partial charge in [-0.15, -0.1) is 11.3 Å². The minimum absolute atomic E-state index is 0.387. The van der Waals surface area contributed by atoms with Crippen molar-refractivity contribution in [3.63, 3.8) is 0 Å². The molecule has 0 unspecified atom stereocenters. The Balaban J connectivity index is 1.95. The summed E-state index contributed by atoms with van der Waals surface area (Å²) in [5.41, 5.74) is 13.9. The lowest BCUT2D eigenvalue weighted by Crippen LogP contribution is -2.14. The maximum Gasteiger partial charge on any atom is 0.250 e. The van der Waals surface area contributed by atoms with Crippen LogP contribution < -0.4 is 16.8 Å². The molecule has 3 rings (SSSR count). The maximum atomic E-state index is 11.5. The number of amides is 1. The molecule has 1 aromatic carbocycles. The van der Waals surface area contributed by atoms with Crippen LogP contribution in [0.4, 0.5) is 16.5 Å². The standard InChI is InChI=1S/C14H16N4OS/c15-9-5-3-4-8(13(16)19)12(9)18-14-17-10-6-1-2-7-11(10)20-14/h3-5H,1-2,6-7,15H2,(H2,16,19)(H,17,18). The van der Waals surface area contributed by atoms with E-state index in [1.165, 1.54) is 23.4 Å². The number of nitrogens with two attached hydrogens (primary N) is 2. The van der Waals surface area contributed by atoms with E-state index in [0.717, 1.165) is 18.0 Å². The molecule has 5 nitrogen and oxygen atoms in total. The van der Waals surface area contributed by atoms with Crippen LogP contribution in [0.1, 0.15) is 33.8 Å². The second-order valence-electron chi connectivity index (χ2n) is 4.86. The lowest BCUT2D eigenvalue weighted by molar-refractivity contribution is 0.100. The van der Waals surface area contributed by atoms with Crippen LogP contribution in [-0.4, -0.2) is 10.9 Å². The van der Waals surface area contributed by atoms with E-state index in [-0.39, 0.29) is 0 Å². The first-order valence-electron chi connectivity index (χ1n) is 6.59. The molecular weight excluding hydrogens is 272 g/mol. The second-order valence-corrected chi connectivity index (χ2v) is 5.94. The van der Waals surface area contributed by atoms with Gasteiger partial charge in [-0.3, -0.25) is 4.79 Å². The largest absolute Gasteiger partial charge is 0.397 e. The Labute approximate surface area is 121 Å². The number of nitrogens with zero attached hydrogens (tertiary/aromatic N) is 1. The zero-order chi connectivity index (χ0) is 14.1. The number of nitrogen functional groups attached to an aromatic ring is 1. The summed E-state index contributed by atoms with van der Waals surface area (Å²) < 4.78 is 0. The van der Waals surface area contributed by atoms with Gasteiger partial charge in [0.2, 0.25) is 0 Å². The number of anilines is 3. The second kappa shape index (κ2) is 5.13. The number of hydrogen-bond donors (Lipinski definition) is 3. The first kappa shape index (κ1) is 12.9. The van der Waals surface area contributed by atoms with Crippen LogP contribution in [0.3, 0.4) is 0 Å². The van der Waals surface area contributed by atoms with Crippen molar-refractivity contribution in [1.82, 2.24) is 4.98 Å². The molecule has 1 amide bonds. The van der Waals surface area contributed by atoms with E-state index in [2.05, 4.69) is 10.3 Å². The molecule has 0 aliphatic heterocycles. The van der Waals surface area contributed by atoms with Crippen LogP contribution in [0.2, 0.25) is 0 Å². The summed E-state index contributed by atoms with van der Waals surface area (Å²) in [4.78, 5) is 17.4. The van der Waals surface area contributed by atoms with Crippen LogP contribution in [0.5, 0.6) is 0 Å². The molecule has 0 radical (unpaired) electrons. The Morgan fingerprint density at radius 3 is 2.85 bits per heavy atom. The highest BCUT2D eigenvalue weighted by Gasteiger charge is 2.17. The quantitative estimate of drug-likeness (QED) is 0.756. The third-order valence-corrected chi connectivity index (χ3v) is 4.51. The number of aromatic nitrogens is 1. The van der Waals surface area contributed by atoms with E-state index in [1.54, 1.807) is 29.5 Å². The fraction of sp³-hybridized carbons (Fsp3) is 0.286. The van der Waals surface area contributed by atoms with Gasteiger partial charge in [-0.05, 0) is 37.8 Å². The van der Waals surface area contributed by atoms with Gasteiger partial charge in [0, 0.05) is 4.88 Å². The molecule has 6 heteroatoms. The van der Waals surface area contributed by atoms with Crippen LogP contribution >= 0.6 is 11.3 Å². The Morgan fingerprint density at radius 1 is 1.30 bits per heavy atom. The molecule has 5 N–H and O–H groups in total. The number of fused-ring (bicyclic) bond motifs is 1. The number of aryl methyl sites for hydroxylation is 2. The van der Waals surface area contributed by atoms with E-state index in [1.807, 2.05) is 0 Å². The van der Waals surface area contributed by atoms with Crippen LogP contribution in [0.25, 0.3) is 0 Å². The van der Waals surface area contributed by atoms with E-state index in [9.17, 15) is 4.79 Å². The summed E-state index contributed by atoms with van der Waals surface area (Å²) in [6, 6.07) is 5.12. The molecule has 0 saturated carbocycles. The molecule has 1 aliphatic rings. The van der Waals surface area contributed by atoms with Crippen molar-refractivity contribution in [2.75, 3.05) is 11.1 Å². The minimum Gasteiger partial charge on any atom is -0.397 e. The summed E-state index contributed by atoms with van der Waals surface area (Å²) in [6.07, 6.45) is 4.52. The van der Waals surface area contributed by atoms with Crippen LogP contribution in [-0.2, 0) is 12.8 Å². The van der Waals surface area contributed by atoms with Crippen molar-refractivity contribution in [3.8, 4) is 0 Å². The lowest BCUT2D eigenvalue weighted by atomic mass is 10.0. The molecule has 1 heterocycles. The summed E-state index contributed by atoms with van der Waals surface area (Å²) in [6.45, 7) is 0. The van der Waals surface area contributed by atoms with Gasteiger partial charge in [0.25, 0.3) is 5.91 Å². The number of primary amides is 1. The Morgan fingerprint density at radius 2 is 2.10 bits per heavy atom. The summed E-state index contributed by atoms with van der Waals surface area (Å²) >= 11 is 1.63. The van der Waals surface area contributed by atoms with Gasteiger partial charge < -0.3 is 16.8 Å². The molecule has 1 aromatic heterocycles. The number of para-hydroxylation sites is 1. The highest BCUT2D eigenvalue weighted by atomic mass is 32.1. The van der Waals surface area contributed by atoms with E-state index in [4.69, 9.17) is 11.5 Å². The Bertz CT molecular complexity index is 642. The molecule has 0 fully saturated rings. The predicted octanol–water partition coefficient (Wildman–Crippen LogP) is 2.45. The van der Waals surface area contributed by atoms with Crippen LogP contribution in [0.15, 0.2) is 18.2 Å². The highest BCUT2D eigenvalue weighted by Crippen LogP contribution is 2.33. The van der Waals surface area contributed by atoms with Crippen molar-refractivity contribution < 1.29 is 4.79 Å². The monoisotopic (exact) mass is 288 g/mol. The number of carbonyl (C=O) groups excluding carboxylic acids is 1. The van der Waals surface area contributed by atoms with Gasteiger partial charge in [-0.25, -0.2) is 4.98 Å². The van der Waals surface area contributed by atoms with Crippen molar-refractivity contribution in [2.24, 2.45) is 5.73 Å². The smallest absolute Gasteiger partial charge is 0.250 e. The zero-order valence-electron chi connectivity index (χ0n) is 11.0. The van der Waals surface area contributed by atoms with Crippen molar-refractivity contribution in [2.45, 2.75) is 25.7 Å². The first-order valence-corrected chi connectivity index (χ1v) is 7.40. The molecule has 2 aromatic rings. The number of rotatable bonds is 3. The average Bonchev–Trinajstić information content (AvgIpc) is 2.83. The van der Waals surface area contributed by atoms with Gasteiger partial charge in [0.05, 0.1) is 22.6 Å². The Hall–Kier alpha value is -2.08. The van der Waals surface area contributed by atoms with Crippen LogP contribution in [0, 0.1) is 0 Å². The third-order valence-electron chi connectivity index (χ3n) is 3.44.